The van der Waals surface area contributed by atoms with Crippen LogP contribution >= 0.6 is 23.2 Å². The lowest BCUT2D eigenvalue weighted by molar-refractivity contribution is 0.102. The van der Waals surface area contributed by atoms with E-state index in [1.165, 1.54) is 18.2 Å². The van der Waals surface area contributed by atoms with E-state index in [0.717, 1.165) is 5.56 Å². The molecule has 1 heterocycles. The fraction of sp³-hybridized carbons (Fsp3) is 0.0556. The van der Waals surface area contributed by atoms with E-state index in [0.29, 0.717) is 28.1 Å². The van der Waals surface area contributed by atoms with Crippen molar-refractivity contribution in [1.82, 2.24) is 10.2 Å². The van der Waals surface area contributed by atoms with Gasteiger partial charge < -0.3 is 10.6 Å². The molecule has 3 aromatic rings. The molecule has 0 atom stereocenters. The third-order valence-corrected chi connectivity index (χ3v) is 4.12. The van der Waals surface area contributed by atoms with Crippen LogP contribution in [0.5, 0.6) is 0 Å². The van der Waals surface area contributed by atoms with Gasteiger partial charge in [0.2, 0.25) is 0 Å². The molecule has 0 aliphatic heterocycles. The second-order valence-electron chi connectivity index (χ2n) is 5.33. The molecule has 1 amide bonds. The van der Waals surface area contributed by atoms with Gasteiger partial charge in [0.05, 0.1) is 15.7 Å². The Morgan fingerprint density at radius 3 is 2.27 bits per heavy atom. The molecule has 2 N–H and O–H groups in total. The van der Waals surface area contributed by atoms with E-state index in [-0.39, 0.29) is 11.5 Å². The molecule has 2 aromatic carbocycles. The SMILES string of the molecule is O=C(Nc1c(Cl)cccc1Cl)c1ccc(NCc2ccc(F)cc2)nn1. The molecule has 0 spiro atoms. The Hall–Kier alpha value is -2.70. The average molecular weight is 391 g/mol. The first kappa shape index (κ1) is 18.1. The fourth-order valence-corrected chi connectivity index (χ4v) is 2.63. The number of carbonyl (C=O) groups is 1. The number of carbonyl (C=O) groups excluding carboxylic acids is 1. The molecule has 8 heteroatoms. The maximum atomic E-state index is 12.9. The van der Waals surface area contributed by atoms with Gasteiger partial charge in [0, 0.05) is 6.54 Å². The van der Waals surface area contributed by atoms with Crippen molar-refractivity contribution in [2.75, 3.05) is 10.6 Å². The lowest BCUT2D eigenvalue weighted by Gasteiger charge is -2.09. The summed E-state index contributed by atoms with van der Waals surface area (Å²) < 4.78 is 12.9. The molecule has 26 heavy (non-hydrogen) atoms. The maximum Gasteiger partial charge on any atom is 0.276 e. The number of benzene rings is 2. The van der Waals surface area contributed by atoms with Gasteiger partial charge in [0.1, 0.15) is 11.6 Å². The highest BCUT2D eigenvalue weighted by atomic mass is 35.5. The van der Waals surface area contributed by atoms with Crippen molar-refractivity contribution in [1.29, 1.82) is 0 Å². The smallest absolute Gasteiger partial charge is 0.276 e. The molecule has 0 unspecified atom stereocenters. The molecule has 3 rings (SSSR count). The molecule has 0 saturated heterocycles. The van der Waals surface area contributed by atoms with Gasteiger partial charge in [-0.25, -0.2) is 4.39 Å². The van der Waals surface area contributed by atoms with Crippen LogP contribution < -0.4 is 10.6 Å². The number of halogens is 3. The zero-order valence-corrected chi connectivity index (χ0v) is 14.9. The predicted octanol–water partition coefficient (Wildman–Crippen LogP) is 4.79. The van der Waals surface area contributed by atoms with E-state index in [1.807, 2.05) is 0 Å². The first-order chi connectivity index (χ1) is 12.5. The Bertz CT molecular complexity index is 897. The summed E-state index contributed by atoms with van der Waals surface area (Å²) in [6.07, 6.45) is 0. The van der Waals surface area contributed by atoms with Gasteiger partial charge in [-0.2, -0.15) is 0 Å². The van der Waals surface area contributed by atoms with E-state index in [4.69, 9.17) is 23.2 Å². The molecular weight excluding hydrogens is 378 g/mol. The number of aromatic nitrogens is 2. The van der Waals surface area contributed by atoms with Gasteiger partial charge >= 0.3 is 0 Å². The molecule has 0 aliphatic rings. The number of amides is 1. The van der Waals surface area contributed by atoms with Crippen molar-refractivity contribution in [3.8, 4) is 0 Å². The number of nitrogens with zero attached hydrogens (tertiary/aromatic N) is 2. The minimum atomic E-state index is -0.474. The van der Waals surface area contributed by atoms with Crippen molar-refractivity contribution >= 4 is 40.6 Å². The summed E-state index contributed by atoms with van der Waals surface area (Å²) in [7, 11) is 0. The highest BCUT2D eigenvalue weighted by Crippen LogP contribution is 2.30. The maximum absolute atomic E-state index is 12.9. The number of rotatable bonds is 5. The van der Waals surface area contributed by atoms with E-state index >= 15 is 0 Å². The number of nitrogens with one attached hydrogen (secondary N) is 2. The predicted molar refractivity (Wildman–Crippen MR) is 100 cm³/mol. The van der Waals surface area contributed by atoms with Gasteiger partial charge in [0.15, 0.2) is 5.69 Å². The van der Waals surface area contributed by atoms with Crippen molar-refractivity contribution < 1.29 is 9.18 Å². The highest BCUT2D eigenvalue weighted by Gasteiger charge is 2.13. The number of para-hydroxylation sites is 1. The third-order valence-electron chi connectivity index (χ3n) is 3.49. The van der Waals surface area contributed by atoms with Gasteiger partial charge in [-0.3, -0.25) is 4.79 Å². The summed E-state index contributed by atoms with van der Waals surface area (Å²) >= 11 is 12.1. The quantitative estimate of drug-likeness (QED) is 0.657. The molecule has 0 fully saturated rings. The third kappa shape index (κ3) is 4.47. The van der Waals surface area contributed by atoms with Gasteiger partial charge in [-0.1, -0.05) is 41.4 Å². The first-order valence-electron chi connectivity index (χ1n) is 7.60. The summed E-state index contributed by atoms with van der Waals surface area (Å²) in [6.45, 7) is 0.454. The number of anilines is 2. The van der Waals surface area contributed by atoms with Crippen molar-refractivity contribution in [2.24, 2.45) is 0 Å². The molecule has 5 nitrogen and oxygen atoms in total. The summed E-state index contributed by atoms with van der Waals surface area (Å²) in [6, 6.07) is 14.2. The van der Waals surface area contributed by atoms with Crippen LogP contribution in [0.1, 0.15) is 16.1 Å². The zero-order chi connectivity index (χ0) is 18.5. The average Bonchev–Trinajstić information content (AvgIpc) is 2.65. The minimum Gasteiger partial charge on any atom is -0.365 e. The van der Waals surface area contributed by atoms with E-state index < -0.39 is 5.91 Å². The summed E-state index contributed by atoms with van der Waals surface area (Å²) in [5.74, 6) is -0.276. The molecule has 0 aliphatic carbocycles. The molecule has 1 aromatic heterocycles. The van der Waals surface area contributed by atoms with E-state index in [2.05, 4.69) is 20.8 Å². The Balaban J connectivity index is 1.63. The minimum absolute atomic E-state index is 0.119. The van der Waals surface area contributed by atoms with Gasteiger partial charge in [-0.05, 0) is 42.0 Å². The highest BCUT2D eigenvalue weighted by molar-refractivity contribution is 6.39. The van der Waals surface area contributed by atoms with Crippen LogP contribution in [-0.4, -0.2) is 16.1 Å². The molecule has 0 bridgehead atoms. The number of hydrogen-bond donors (Lipinski definition) is 2. The summed E-state index contributed by atoms with van der Waals surface area (Å²) in [5, 5.41) is 14.2. The lowest BCUT2D eigenvalue weighted by Crippen LogP contribution is -2.15. The zero-order valence-electron chi connectivity index (χ0n) is 13.3. The van der Waals surface area contributed by atoms with Crippen molar-refractivity contribution in [2.45, 2.75) is 6.54 Å². The van der Waals surface area contributed by atoms with E-state index in [1.54, 1.807) is 36.4 Å². The van der Waals surface area contributed by atoms with Crippen molar-refractivity contribution in [3.05, 3.63) is 81.7 Å². The fourth-order valence-electron chi connectivity index (χ4n) is 2.14. The van der Waals surface area contributed by atoms with Crippen LogP contribution in [0.3, 0.4) is 0 Å². The van der Waals surface area contributed by atoms with Gasteiger partial charge in [0.25, 0.3) is 5.91 Å². The monoisotopic (exact) mass is 390 g/mol. The molecule has 0 radical (unpaired) electrons. The largest absolute Gasteiger partial charge is 0.365 e. The van der Waals surface area contributed by atoms with E-state index in [9.17, 15) is 9.18 Å². The Kier molecular flexibility index (Phi) is 5.65. The van der Waals surface area contributed by atoms with Crippen LogP contribution in [0.2, 0.25) is 10.0 Å². The second-order valence-corrected chi connectivity index (χ2v) is 6.15. The van der Waals surface area contributed by atoms with Crippen LogP contribution in [0.15, 0.2) is 54.6 Å². The standard InChI is InChI=1S/C18H13Cl2FN4O/c19-13-2-1-3-14(20)17(13)23-18(26)15-8-9-16(25-24-15)22-10-11-4-6-12(21)7-5-11/h1-9H,10H2,(H,22,25)(H,23,26). The summed E-state index contributed by atoms with van der Waals surface area (Å²) in [4.78, 5) is 12.3. The topological polar surface area (TPSA) is 66.9 Å². The summed E-state index contributed by atoms with van der Waals surface area (Å²) in [5.41, 5.74) is 1.33. The second kappa shape index (κ2) is 8.12. The normalized spacial score (nSPS) is 10.4. The van der Waals surface area contributed by atoms with Crippen molar-refractivity contribution in [3.63, 3.8) is 0 Å². The Labute approximate surface area is 159 Å². The molecular formula is C18H13Cl2FN4O. The first-order valence-corrected chi connectivity index (χ1v) is 8.36. The van der Waals surface area contributed by atoms with Crippen LogP contribution in [0, 0.1) is 5.82 Å². The van der Waals surface area contributed by atoms with Crippen LogP contribution in [0.4, 0.5) is 15.9 Å². The van der Waals surface area contributed by atoms with Gasteiger partial charge in [-0.15, -0.1) is 10.2 Å². The Morgan fingerprint density at radius 2 is 1.65 bits per heavy atom. The van der Waals surface area contributed by atoms with Crippen LogP contribution in [-0.2, 0) is 6.54 Å². The Morgan fingerprint density at radius 1 is 0.962 bits per heavy atom. The molecule has 132 valence electrons. The van der Waals surface area contributed by atoms with Crippen LogP contribution in [0.25, 0.3) is 0 Å². The number of hydrogen-bond acceptors (Lipinski definition) is 4. The molecule has 0 saturated carbocycles. The lowest BCUT2D eigenvalue weighted by atomic mass is 10.2.